The van der Waals surface area contributed by atoms with E-state index in [0.717, 1.165) is 17.1 Å². The molecule has 3 heteroatoms. The van der Waals surface area contributed by atoms with E-state index in [1.54, 1.807) is 0 Å². The van der Waals surface area contributed by atoms with Crippen LogP contribution in [0.2, 0.25) is 0 Å². The Morgan fingerprint density at radius 2 is 1.72 bits per heavy atom. The number of aromatic nitrogens is 2. The summed E-state index contributed by atoms with van der Waals surface area (Å²) in [7, 11) is 2.01. The average molecular weight is 243 g/mol. The van der Waals surface area contributed by atoms with Crippen molar-refractivity contribution in [1.82, 2.24) is 9.55 Å². The molecule has 0 fully saturated rings. The fraction of sp³-hybridized carbons (Fsp3) is 0.400. The molecular formula is C15H21N3. The molecule has 18 heavy (non-hydrogen) atoms. The Kier molecular flexibility index (Phi) is 3.53. The van der Waals surface area contributed by atoms with Gasteiger partial charge in [0.1, 0.15) is 5.82 Å². The van der Waals surface area contributed by atoms with Crippen LogP contribution >= 0.6 is 0 Å². The largest absolute Gasteiger partial charge is 0.330 e. The van der Waals surface area contributed by atoms with Crippen molar-refractivity contribution in [3.05, 3.63) is 41.7 Å². The number of nitrogens with two attached hydrogens (primary N) is 1. The summed E-state index contributed by atoms with van der Waals surface area (Å²) in [6.07, 6.45) is 1.86. The van der Waals surface area contributed by atoms with Gasteiger partial charge in [-0.15, -0.1) is 0 Å². The van der Waals surface area contributed by atoms with Gasteiger partial charge >= 0.3 is 0 Å². The van der Waals surface area contributed by atoms with Gasteiger partial charge in [0.15, 0.2) is 0 Å². The normalized spacial score (nSPS) is 13.0. The van der Waals surface area contributed by atoms with E-state index in [4.69, 9.17) is 5.73 Å². The number of rotatable bonds is 3. The lowest BCUT2D eigenvalue weighted by Gasteiger charge is -2.10. The van der Waals surface area contributed by atoms with Crippen molar-refractivity contribution in [3.63, 3.8) is 0 Å². The smallest absolute Gasteiger partial charge is 0.139 e. The van der Waals surface area contributed by atoms with Crippen molar-refractivity contribution in [2.45, 2.75) is 32.7 Å². The molecule has 2 aromatic rings. The Morgan fingerprint density at radius 3 is 2.17 bits per heavy atom. The summed E-state index contributed by atoms with van der Waals surface area (Å²) in [5.74, 6) is 1.53. The highest BCUT2D eigenvalue weighted by molar-refractivity contribution is 5.57. The van der Waals surface area contributed by atoms with E-state index in [-0.39, 0.29) is 6.04 Å². The van der Waals surface area contributed by atoms with Gasteiger partial charge in [0, 0.05) is 18.7 Å². The molecule has 96 valence electrons. The monoisotopic (exact) mass is 243 g/mol. The van der Waals surface area contributed by atoms with Crippen molar-refractivity contribution in [2.24, 2.45) is 12.8 Å². The molecule has 1 heterocycles. The lowest BCUT2D eigenvalue weighted by Crippen LogP contribution is -2.10. The van der Waals surface area contributed by atoms with Crippen molar-refractivity contribution in [3.8, 4) is 11.4 Å². The average Bonchev–Trinajstić information content (AvgIpc) is 2.71. The van der Waals surface area contributed by atoms with Gasteiger partial charge in [-0.05, 0) is 18.4 Å². The van der Waals surface area contributed by atoms with Crippen LogP contribution in [-0.4, -0.2) is 9.55 Å². The Labute approximate surface area is 109 Å². The van der Waals surface area contributed by atoms with Crippen molar-refractivity contribution < 1.29 is 0 Å². The predicted molar refractivity (Wildman–Crippen MR) is 75.3 cm³/mol. The van der Waals surface area contributed by atoms with E-state index in [9.17, 15) is 0 Å². The molecule has 1 atom stereocenters. The molecular weight excluding hydrogens is 222 g/mol. The maximum absolute atomic E-state index is 5.91. The molecule has 0 radical (unpaired) electrons. The number of hydrogen-bond donors (Lipinski definition) is 1. The Hall–Kier alpha value is -1.61. The number of nitrogens with zero attached hydrogens (tertiary/aromatic N) is 2. The van der Waals surface area contributed by atoms with Crippen LogP contribution < -0.4 is 5.73 Å². The first-order chi connectivity index (χ1) is 8.50. The summed E-state index contributed by atoms with van der Waals surface area (Å²) < 4.78 is 2.06. The molecule has 2 rings (SSSR count). The van der Waals surface area contributed by atoms with E-state index in [2.05, 4.69) is 47.7 Å². The Bertz CT molecular complexity index is 521. The molecule has 2 N–H and O–H groups in total. The minimum Gasteiger partial charge on any atom is -0.330 e. The number of imidazole rings is 1. The van der Waals surface area contributed by atoms with Crippen LogP contribution in [0.1, 0.15) is 44.0 Å². The maximum Gasteiger partial charge on any atom is 0.139 e. The predicted octanol–water partition coefficient (Wildman–Crippen LogP) is 3.23. The molecule has 0 aliphatic carbocycles. The van der Waals surface area contributed by atoms with Gasteiger partial charge < -0.3 is 10.3 Å². The minimum atomic E-state index is 0.00573. The molecule has 0 spiro atoms. The number of benzene rings is 1. The minimum absolute atomic E-state index is 0.00573. The molecule has 0 aliphatic rings. The highest BCUT2D eigenvalue weighted by Crippen LogP contribution is 2.23. The number of hydrogen-bond acceptors (Lipinski definition) is 2. The zero-order valence-electron chi connectivity index (χ0n) is 11.5. The fourth-order valence-corrected chi connectivity index (χ4v) is 2.13. The third-order valence-electron chi connectivity index (χ3n) is 3.33. The summed E-state index contributed by atoms with van der Waals surface area (Å²) in [4.78, 5) is 4.46. The van der Waals surface area contributed by atoms with Gasteiger partial charge in [-0.25, -0.2) is 4.98 Å². The van der Waals surface area contributed by atoms with E-state index >= 15 is 0 Å². The summed E-state index contributed by atoms with van der Waals surface area (Å²) in [5, 5.41) is 0. The third-order valence-corrected chi connectivity index (χ3v) is 3.33. The SMILES string of the molecule is CC(C)c1ccc(-c2ncc(C(C)N)n2C)cc1. The molecule has 0 aliphatic heterocycles. The van der Waals surface area contributed by atoms with Crippen molar-refractivity contribution >= 4 is 0 Å². The zero-order chi connectivity index (χ0) is 13.3. The molecule has 0 amide bonds. The van der Waals surface area contributed by atoms with E-state index in [1.807, 2.05) is 20.2 Å². The molecule has 1 aromatic carbocycles. The molecule has 0 bridgehead atoms. The lowest BCUT2D eigenvalue weighted by atomic mass is 10.0. The lowest BCUT2D eigenvalue weighted by molar-refractivity contribution is 0.718. The Balaban J connectivity index is 2.37. The van der Waals surface area contributed by atoms with Crippen molar-refractivity contribution in [2.75, 3.05) is 0 Å². The second kappa shape index (κ2) is 4.94. The van der Waals surface area contributed by atoms with Crippen LogP contribution in [0.5, 0.6) is 0 Å². The summed E-state index contributed by atoms with van der Waals surface area (Å²) in [5.41, 5.74) is 9.44. The van der Waals surface area contributed by atoms with E-state index in [1.165, 1.54) is 5.56 Å². The highest BCUT2D eigenvalue weighted by atomic mass is 15.1. The zero-order valence-corrected chi connectivity index (χ0v) is 11.5. The summed E-state index contributed by atoms with van der Waals surface area (Å²) >= 11 is 0. The summed E-state index contributed by atoms with van der Waals surface area (Å²) in [6.45, 7) is 6.37. The topological polar surface area (TPSA) is 43.8 Å². The van der Waals surface area contributed by atoms with Crippen LogP contribution in [0.3, 0.4) is 0 Å². The van der Waals surface area contributed by atoms with Crippen LogP contribution in [0.25, 0.3) is 11.4 Å². The van der Waals surface area contributed by atoms with E-state index in [0.29, 0.717) is 5.92 Å². The van der Waals surface area contributed by atoms with Crippen LogP contribution in [0.4, 0.5) is 0 Å². The van der Waals surface area contributed by atoms with Gasteiger partial charge in [-0.3, -0.25) is 0 Å². The highest BCUT2D eigenvalue weighted by Gasteiger charge is 2.11. The van der Waals surface area contributed by atoms with Gasteiger partial charge in [0.25, 0.3) is 0 Å². The first-order valence-corrected chi connectivity index (χ1v) is 6.38. The van der Waals surface area contributed by atoms with Gasteiger partial charge in [0.2, 0.25) is 0 Å². The van der Waals surface area contributed by atoms with Crippen molar-refractivity contribution in [1.29, 1.82) is 0 Å². The molecule has 1 aromatic heterocycles. The molecule has 0 saturated carbocycles. The fourth-order valence-electron chi connectivity index (χ4n) is 2.13. The second-order valence-corrected chi connectivity index (χ2v) is 5.13. The van der Waals surface area contributed by atoms with Gasteiger partial charge in [-0.2, -0.15) is 0 Å². The third kappa shape index (κ3) is 2.31. The Morgan fingerprint density at radius 1 is 1.11 bits per heavy atom. The van der Waals surface area contributed by atoms with Crippen LogP contribution in [0, 0.1) is 0 Å². The van der Waals surface area contributed by atoms with Gasteiger partial charge in [-0.1, -0.05) is 38.1 Å². The second-order valence-electron chi connectivity index (χ2n) is 5.13. The van der Waals surface area contributed by atoms with Crippen LogP contribution in [0.15, 0.2) is 30.5 Å². The standard InChI is InChI=1S/C15H21N3/c1-10(2)12-5-7-13(8-6-12)15-17-9-14(11(3)16)18(15)4/h5-11H,16H2,1-4H3. The maximum atomic E-state index is 5.91. The first kappa shape index (κ1) is 12.8. The van der Waals surface area contributed by atoms with Crippen LogP contribution in [-0.2, 0) is 7.05 Å². The molecule has 1 unspecified atom stereocenters. The quantitative estimate of drug-likeness (QED) is 0.899. The van der Waals surface area contributed by atoms with E-state index < -0.39 is 0 Å². The molecule has 0 saturated heterocycles. The van der Waals surface area contributed by atoms with Gasteiger partial charge in [0.05, 0.1) is 11.9 Å². The summed E-state index contributed by atoms with van der Waals surface area (Å²) in [6, 6.07) is 8.59. The first-order valence-electron chi connectivity index (χ1n) is 6.38. The molecule has 3 nitrogen and oxygen atoms in total.